The van der Waals surface area contributed by atoms with Gasteiger partial charge in [-0.1, -0.05) is 31.5 Å². The molecule has 1 amide bonds. The molecule has 2 aliphatic rings. The van der Waals surface area contributed by atoms with Crippen LogP contribution in [0.4, 0.5) is 0 Å². The topological polar surface area (TPSA) is 84.9 Å². The number of carbonyl (C=O) groups excluding carboxylic acids is 1. The van der Waals surface area contributed by atoms with Crippen LogP contribution in [0.1, 0.15) is 58.1 Å². The Morgan fingerprint density at radius 3 is 2.78 bits per heavy atom. The molecule has 1 aliphatic carbocycles. The summed E-state index contributed by atoms with van der Waals surface area (Å²) < 4.78 is 12.0. The number of nitrogens with one attached hydrogen (secondary N) is 1. The first-order valence-corrected chi connectivity index (χ1v) is 9.66. The molecule has 6 nitrogen and oxygen atoms in total. The molecule has 1 aromatic rings. The summed E-state index contributed by atoms with van der Waals surface area (Å²) in [5, 5.41) is 12.1. The molecular formula is C21H29NO5. The van der Waals surface area contributed by atoms with Crippen LogP contribution in [-0.4, -0.2) is 35.2 Å². The van der Waals surface area contributed by atoms with E-state index in [4.69, 9.17) is 14.6 Å². The predicted octanol–water partition coefficient (Wildman–Crippen LogP) is 3.31. The molecule has 1 saturated heterocycles. The van der Waals surface area contributed by atoms with Crippen molar-refractivity contribution in [3.63, 3.8) is 0 Å². The molecule has 1 heterocycles. The molecule has 0 spiro atoms. The minimum absolute atomic E-state index is 0.0362. The van der Waals surface area contributed by atoms with Crippen LogP contribution >= 0.6 is 0 Å². The van der Waals surface area contributed by atoms with Crippen molar-refractivity contribution in [2.75, 3.05) is 6.61 Å². The lowest BCUT2D eigenvalue weighted by Gasteiger charge is -2.52. The molecule has 1 saturated carbocycles. The van der Waals surface area contributed by atoms with E-state index in [2.05, 4.69) is 19.2 Å². The highest BCUT2D eigenvalue weighted by Gasteiger charge is 2.49. The maximum absolute atomic E-state index is 11.9. The van der Waals surface area contributed by atoms with Crippen LogP contribution in [0.5, 0.6) is 5.75 Å². The average Bonchev–Trinajstić information content (AvgIpc) is 2.58. The average molecular weight is 375 g/mol. The van der Waals surface area contributed by atoms with Gasteiger partial charge in [0.2, 0.25) is 5.91 Å². The highest BCUT2D eigenvalue weighted by molar-refractivity contribution is 5.74. The van der Waals surface area contributed by atoms with E-state index in [1.165, 1.54) is 0 Å². The van der Waals surface area contributed by atoms with Gasteiger partial charge < -0.3 is 19.9 Å². The first-order chi connectivity index (χ1) is 12.8. The van der Waals surface area contributed by atoms with Crippen LogP contribution in [0.25, 0.3) is 0 Å². The maximum Gasteiger partial charge on any atom is 0.341 e. The number of benzene rings is 1. The number of aliphatic carboxylic acids is 1. The number of para-hydroxylation sites is 1. The van der Waals surface area contributed by atoms with E-state index in [1.807, 2.05) is 18.2 Å². The van der Waals surface area contributed by atoms with Gasteiger partial charge in [-0.15, -0.1) is 0 Å². The summed E-state index contributed by atoms with van der Waals surface area (Å²) in [6.45, 7) is 5.51. The monoisotopic (exact) mass is 375 g/mol. The number of hydrogen-bond donors (Lipinski definition) is 2. The van der Waals surface area contributed by atoms with Gasteiger partial charge in [-0.3, -0.25) is 4.79 Å². The lowest BCUT2D eigenvalue weighted by atomic mass is 9.66. The summed E-state index contributed by atoms with van der Waals surface area (Å²) in [5.41, 5.74) is 0.478. The second-order valence-electron chi connectivity index (χ2n) is 8.21. The number of carbonyl (C=O) groups is 2. The Morgan fingerprint density at radius 2 is 2.07 bits per heavy atom. The van der Waals surface area contributed by atoms with Crippen molar-refractivity contribution in [3.8, 4) is 5.75 Å². The van der Waals surface area contributed by atoms with Gasteiger partial charge in [-0.2, -0.15) is 0 Å². The van der Waals surface area contributed by atoms with Crippen molar-refractivity contribution >= 4 is 11.9 Å². The molecule has 0 bridgehead atoms. The Kier molecular flexibility index (Phi) is 5.75. The van der Waals surface area contributed by atoms with E-state index in [0.29, 0.717) is 18.1 Å². The summed E-state index contributed by atoms with van der Waals surface area (Å²) in [4.78, 5) is 22.8. The molecule has 2 N–H and O–H groups in total. The van der Waals surface area contributed by atoms with Gasteiger partial charge in [0.25, 0.3) is 0 Å². The third kappa shape index (κ3) is 4.43. The first-order valence-electron chi connectivity index (χ1n) is 9.66. The van der Waals surface area contributed by atoms with Crippen LogP contribution < -0.4 is 10.1 Å². The van der Waals surface area contributed by atoms with Gasteiger partial charge in [0.05, 0.1) is 12.2 Å². The molecule has 0 unspecified atom stereocenters. The summed E-state index contributed by atoms with van der Waals surface area (Å²) in [7, 11) is 0. The first kappa shape index (κ1) is 19.7. The zero-order valence-corrected chi connectivity index (χ0v) is 16.2. The Bertz CT molecular complexity index is 706. The molecule has 2 fully saturated rings. The van der Waals surface area contributed by atoms with Crippen LogP contribution in [0.3, 0.4) is 0 Å². The molecule has 6 heteroatoms. The van der Waals surface area contributed by atoms with Crippen molar-refractivity contribution < 1.29 is 24.2 Å². The molecule has 0 radical (unpaired) electrons. The Hall–Kier alpha value is -2.08. The zero-order chi connectivity index (χ0) is 19.6. The quantitative estimate of drug-likeness (QED) is 0.825. The van der Waals surface area contributed by atoms with Gasteiger partial charge in [-0.25, -0.2) is 4.79 Å². The van der Waals surface area contributed by atoms with Crippen molar-refractivity contribution in [3.05, 3.63) is 29.8 Å². The molecular weight excluding hydrogens is 346 g/mol. The summed E-state index contributed by atoms with van der Waals surface area (Å²) in [6, 6.07) is 7.41. The normalized spacial score (nSPS) is 33.0. The number of carboxylic acid groups (broad SMARTS) is 1. The third-order valence-corrected chi connectivity index (χ3v) is 5.90. The zero-order valence-electron chi connectivity index (χ0n) is 16.2. The minimum atomic E-state index is -1.02. The second-order valence-corrected chi connectivity index (χ2v) is 8.21. The minimum Gasteiger partial charge on any atom is -0.482 e. The molecule has 1 aliphatic heterocycles. The Morgan fingerprint density at radius 1 is 1.33 bits per heavy atom. The molecule has 0 aromatic heterocycles. The number of fused-ring (bicyclic) bond motifs is 1. The van der Waals surface area contributed by atoms with E-state index in [1.54, 1.807) is 13.0 Å². The number of hydrogen-bond acceptors (Lipinski definition) is 4. The van der Waals surface area contributed by atoms with E-state index in [9.17, 15) is 9.59 Å². The predicted molar refractivity (Wildman–Crippen MR) is 101 cm³/mol. The van der Waals surface area contributed by atoms with Gasteiger partial charge in [0.15, 0.2) is 6.61 Å². The molecule has 5 atom stereocenters. The third-order valence-electron chi connectivity index (χ3n) is 5.90. The van der Waals surface area contributed by atoms with Crippen molar-refractivity contribution in [1.29, 1.82) is 0 Å². The molecule has 148 valence electrons. The van der Waals surface area contributed by atoms with Crippen LogP contribution in [-0.2, 0) is 14.3 Å². The number of amides is 1. The summed E-state index contributed by atoms with van der Waals surface area (Å²) in [6.07, 6.45) is 3.59. The molecule has 3 rings (SSSR count). The van der Waals surface area contributed by atoms with Crippen LogP contribution in [0.15, 0.2) is 24.3 Å². The fraction of sp³-hybridized carbons (Fsp3) is 0.619. The smallest absolute Gasteiger partial charge is 0.341 e. The standard InChI is InChI=1S/C21H29NO5/c1-13-8-9-16-18(10-13)27-19(11-21(16,3)22-14(2)23)15-6-4-5-7-17(15)26-12-20(24)25/h4-7,13,16,18-19H,8-12H2,1-3H3,(H,22,23)(H,24,25)/t13-,16-,18-,19-,21+/m1/s1. The maximum atomic E-state index is 11.9. The number of carboxylic acids is 1. The van der Waals surface area contributed by atoms with Gasteiger partial charge in [0.1, 0.15) is 5.75 Å². The number of rotatable bonds is 5. The van der Waals surface area contributed by atoms with Crippen LogP contribution in [0, 0.1) is 11.8 Å². The SMILES string of the molecule is CC(=O)N[C@@]1(C)C[C@H](c2ccccc2OCC(=O)O)O[C@@H]2C[C@H](C)CC[C@H]21. The van der Waals surface area contributed by atoms with Crippen molar-refractivity contribution in [2.24, 2.45) is 11.8 Å². The van der Waals surface area contributed by atoms with E-state index >= 15 is 0 Å². The fourth-order valence-electron chi connectivity index (χ4n) is 4.75. The van der Waals surface area contributed by atoms with Gasteiger partial charge in [0, 0.05) is 30.4 Å². The largest absolute Gasteiger partial charge is 0.482 e. The fourth-order valence-corrected chi connectivity index (χ4v) is 4.75. The number of ether oxygens (including phenoxy) is 2. The van der Waals surface area contributed by atoms with Gasteiger partial charge >= 0.3 is 5.97 Å². The molecule has 1 aromatic carbocycles. The van der Waals surface area contributed by atoms with E-state index in [-0.39, 0.29) is 29.6 Å². The summed E-state index contributed by atoms with van der Waals surface area (Å²) in [5.74, 6) is 0.341. The summed E-state index contributed by atoms with van der Waals surface area (Å²) >= 11 is 0. The van der Waals surface area contributed by atoms with Crippen molar-refractivity contribution in [1.82, 2.24) is 5.32 Å². The second kappa shape index (κ2) is 7.89. The van der Waals surface area contributed by atoms with E-state index in [0.717, 1.165) is 24.8 Å². The van der Waals surface area contributed by atoms with Crippen molar-refractivity contribution in [2.45, 2.75) is 64.2 Å². The Balaban J connectivity index is 1.90. The highest BCUT2D eigenvalue weighted by Crippen LogP contribution is 2.49. The van der Waals surface area contributed by atoms with E-state index < -0.39 is 12.6 Å². The van der Waals surface area contributed by atoms with Crippen LogP contribution in [0.2, 0.25) is 0 Å². The Labute approximate surface area is 160 Å². The van der Waals surface area contributed by atoms with Gasteiger partial charge in [-0.05, 0) is 31.7 Å². The molecule has 27 heavy (non-hydrogen) atoms. The lowest BCUT2D eigenvalue weighted by Crippen LogP contribution is -2.60. The lowest BCUT2D eigenvalue weighted by molar-refractivity contribution is -0.153. The highest BCUT2D eigenvalue weighted by atomic mass is 16.5.